The van der Waals surface area contributed by atoms with Crippen LogP contribution in [0.25, 0.3) is 0 Å². The van der Waals surface area contributed by atoms with Gasteiger partial charge in [0.25, 0.3) is 5.69 Å². The van der Waals surface area contributed by atoms with Crippen LogP contribution in [0.4, 0.5) is 17.1 Å². The highest BCUT2D eigenvalue weighted by molar-refractivity contribution is 5.71. The van der Waals surface area contributed by atoms with Crippen LogP contribution in [0.2, 0.25) is 0 Å². The number of nitrogens with two attached hydrogens (primary N) is 1. The van der Waals surface area contributed by atoms with Crippen LogP contribution in [-0.2, 0) is 12.8 Å². The van der Waals surface area contributed by atoms with Crippen molar-refractivity contribution in [2.45, 2.75) is 26.7 Å². The van der Waals surface area contributed by atoms with Gasteiger partial charge in [-0.1, -0.05) is 13.8 Å². The molecular weight excluding hydrogens is 226 g/mol. The fraction of sp³-hybridized carbons (Fsp3) is 0.400. The quantitative estimate of drug-likeness (QED) is 0.491. The van der Waals surface area contributed by atoms with Gasteiger partial charge < -0.3 is 5.73 Å². The third-order valence-corrected chi connectivity index (χ3v) is 2.58. The summed E-state index contributed by atoms with van der Waals surface area (Å²) < 4.78 is 0. The monoisotopic (exact) mass is 239 g/mol. The molecule has 2 N–H and O–H groups in total. The molecule has 0 radical (unpaired) electrons. The lowest BCUT2D eigenvalue weighted by molar-refractivity contribution is -0.395. The second kappa shape index (κ2) is 4.77. The molecule has 0 saturated carbocycles. The highest BCUT2D eigenvalue weighted by Gasteiger charge is 2.29. The van der Waals surface area contributed by atoms with Gasteiger partial charge >= 0.3 is 5.69 Å². The molecule has 0 bridgehead atoms. The zero-order chi connectivity index (χ0) is 13.2. The first kappa shape index (κ1) is 12.9. The highest BCUT2D eigenvalue weighted by atomic mass is 16.6. The Kier molecular flexibility index (Phi) is 3.62. The number of nitro benzene ring substituents is 2. The van der Waals surface area contributed by atoms with Crippen molar-refractivity contribution >= 4 is 17.1 Å². The van der Waals surface area contributed by atoms with Crippen molar-refractivity contribution in [3.8, 4) is 0 Å². The van der Waals surface area contributed by atoms with Gasteiger partial charge in [-0.25, -0.2) is 0 Å². The first-order chi connectivity index (χ1) is 7.93. The summed E-state index contributed by atoms with van der Waals surface area (Å²) in [5, 5.41) is 21.9. The van der Waals surface area contributed by atoms with Crippen molar-refractivity contribution in [2.75, 3.05) is 5.73 Å². The minimum Gasteiger partial charge on any atom is -0.393 e. The number of nitro groups is 2. The van der Waals surface area contributed by atoms with E-state index >= 15 is 0 Å². The second-order valence-electron chi connectivity index (χ2n) is 3.52. The third-order valence-electron chi connectivity index (χ3n) is 2.58. The minimum absolute atomic E-state index is 0.0192. The Hall–Kier alpha value is -2.18. The van der Waals surface area contributed by atoms with Gasteiger partial charge in [0.05, 0.1) is 9.85 Å². The molecule has 0 saturated heterocycles. The summed E-state index contributed by atoms with van der Waals surface area (Å²) in [5.74, 6) is 0. The van der Waals surface area contributed by atoms with Gasteiger partial charge in [0, 0.05) is 5.56 Å². The number of rotatable bonds is 4. The maximum Gasteiger partial charge on any atom is 0.302 e. The Labute approximate surface area is 97.5 Å². The third kappa shape index (κ3) is 2.17. The highest BCUT2D eigenvalue weighted by Crippen LogP contribution is 2.37. The van der Waals surface area contributed by atoms with E-state index in [1.165, 1.54) is 6.07 Å². The molecule has 0 aliphatic heterocycles. The fourth-order valence-corrected chi connectivity index (χ4v) is 1.85. The van der Waals surface area contributed by atoms with Crippen LogP contribution < -0.4 is 5.73 Å². The molecule has 1 rings (SSSR count). The number of anilines is 1. The van der Waals surface area contributed by atoms with Gasteiger partial charge in [-0.05, 0) is 18.9 Å². The van der Waals surface area contributed by atoms with E-state index in [1.807, 2.05) is 0 Å². The van der Waals surface area contributed by atoms with E-state index in [1.54, 1.807) is 13.8 Å². The van der Waals surface area contributed by atoms with Crippen molar-refractivity contribution in [3.05, 3.63) is 37.4 Å². The number of hydrogen-bond donors (Lipinski definition) is 1. The Morgan fingerprint density at radius 2 is 1.65 bits per heavy atom. The lowest BCUT2D eigenvalue weighted by Gasteiger charge is -2.08. The Bertz CT molecular complexity index is 485. The molecule has 0 spiro atoms. The minimum atomic E-state index is -0.666. The summed E-state index contributed by atoms with van der Waals surface area (Å²) in [6.45, 7) is 3.38. The summed E-state index contributed by atoms with van der Waals surface area (Å²) in [6, 6.07) is 1.31. The van der Waals surface area contributed by atoms with E-state index in [4.69, 9.17) is 5.73 Å². The first-order valence-electron chi connectivity index (χ1n) is 5.16. The summed E-state index contributed by atoms with van der Waals surface area (Å²) in [7, 11) is 0. The van der Waals surface area contributed by atoms with E-state index in [0.717, 1.165) is 0 Å². The van der Waals surface area contributed by atoms with Gasteiger partial charge in [-0.3, -0.25) is 20.2 Å². The fourth-order valence-electron chi connectivity index (χ4n) is 1.85. The largest absolute Gasteiger partial charge is 0.393 e. The smallest absolute Gasteiger partial charge is 0.302 e. The molecule has 0 heterocycles. The maximum absolute atomic E-state index is 11.0. The topological polar surface area (TPSA) is 112 Å². The van der Waals surface area contributed by atoms with Crippen molar-refractivity contribution < 1.29 is 9.85 Å². The van der Waals surface area contributed by atoms with Crippen LogP contribution in [-0.4, -0.2) is 9.85 Å². The summed E-state index contributed by atoms with van der Waals surface area (Å²) in [4.78, 5) is 20.6. The van der Waals surface area contributed by atoms with E-state index in [0.29, 0.717) is 12.0 Å². The molecule has 92 valence electrons. The SMILES string of the molecule is CCc1cc(N)c([N+](=O)[O-])c(CC)c1[N+](=O)[O-]. The number of nitrogen functional groups attached to an aromatic ring is 1. The van der Waals surface area contributed by atoms with Gasteiger partial charge in [-0.15, -0.1) is 0 Å². The zero-order valence-corrected chi connectivity index (χ0v) is 9.60. The molecule has 0 aliphatic carbocycles. The molecule has 1 aromatic carbocycles. The molecule has 0 unspecified atom stereocenters. The Balaban J connectivity index is 3.71. The van der Waals surface area contributed by atoms with Crippen molar-refractivity contribution in [1.29, 1.82) is 0 Å². The lowest BCUT2D eigenvalue weighted by Crippen LogP contribution is -2.07. The molecule has 1 aromatic rings. The second-order valence-corrected chi connectivity index (χ2v) is 3.52. The normalized spacial score (nSPS) is 10.2. The number of hydrogen-bond acceptors (Lipinski definition) is 5. The Morgan fingerprint density at radius 1 is 1.12 bits per heavy atom. The van der Waals surface area contributed by atoms with Crippen molar-refractivity contribution in [1.82, 2.24) is 0 Å². The average molecular weight is 239 g/mol. The molecular formula is C10H13N3O4. The molecule has 7 nitrogen and oxygen atoms in total. The molecule has 0 atom stereocenters. The van der Waals surface area contributed by atoms with Crippen LogP contribution in [0.5, 0.6) is 0 Å². The van der Waals surface area contributed by atoms with Crippen molar-refractivity contribution in [3.63, 3.8) is 0 Å². The predicted molar refractivity (Wildman–Crippen MR) is 62.9 cm³/mol. The molecule has 0 amide bonds. The molecule has 7 heteroatoms. The van der Waals surface area contributed by atoms with Crippen LogP contribution >= 0.6 is 0 Å². The van der Waals surface area contributed by atoms with E-state index in [2.05, 4.69) is 0 Å². The number of nitrogens with zero attached hydrogens (tertiary/aromatic N) is 2. The van der Waals surface area contributed by atoms with Gasteiger partial charge in [0.2, 0.25) is 0 Å². The molecule has 0 fully saturated rings. The van der Waals surface area contributed by atoms with Gasteiger partial charge in [0.15, 0.2) is 0 Å². The lowest BCUT2D eigenvalue weighted by atomic mass is 10.00. The molecule has 0 aliphatic rings. The molecule has 17 heavy (non-hydrogen) atoms. The van der Waals surface area contributed by atoms with Crippen molar-refractivity contribution in [2.24, 2.45) is 0 Å². The van der Waals surface area contributed by atoms with Gasteiger partial charge in [-0.2, -0.15) is 0 Å². The predicted octanol–water partition coefficient (Wildman–Crippen LogP) is 2.21. The van der Waals surface area contributed by atoms with E-state index in [9.17, 15) is 20.2 Å². The maximum atomic E-state index is 11.0. The summed E-state index contributed by atoms with van der Waals surface area (Å²) in [5.41, 5.74) is 5.55. The zero-order valence-electron chi connectivity index (χ0n) is 9.60. The van der Waals surface area contributed by atoms with E-state index in [-0.39, 0.29) is 29.0 Å². The average Bonchev–Trinajstić information content (AvgIpc) is 2.25. The van der Waals surface area contributed by atoms with Crippen LogP contribution in [0, 0.1) is 20.2 Å². The number of aryl methyl sites for hydroxylation is 1. The summed E-state index contributed by atoms with van der Waals surface area (Å²) >= 11 is 0. The van der Waals surface area contributed by atoms with Crippen LogP contribution in [0.15, 0.2) is 6.07 Å². The van der Waals surface area contributed by atoms with Crippen LogP contribution in [0.1, 0.15) is 25.0 Å². The molecule has 0 aromatic heterocycles. The Morgan fingerprint density at radius 3 is 2.00 bits per heavy atom. The summed E-state index contributed by atoms with van der Waals surface area (Å²) in [6.07, 6.45) is 0.607. The standard InChI is InChI=1S/C10H13N3O4/c1-3-6-5-8(11)10(13(16)17)7(4-2)9(6)12(14)15/h5H,3-4,11H2,1-2H3. The van der Waals surface area contributed by atoms with Gasteiger partial charge in [0.1, 0.15) is 11.3 Å². The van der Waals surface area contributed by atoms with E-state index < -0.39 is 9.85 Å². The van der Waals surface area contributed by atoms with Crippen LogP contribution in [0.3, 0.4) is 0 Å². The first-order valence-corrected chi connectivity index (χ1v) is 5.16. The number of benzene rings is 1.